The van der Waals surface area contributed by atoms with Gasteiger partial charge in [-0.3, -0.25) is 4.79 Å². The SMILES string of the molecule is CC(=Nc1cncnc1C)C(=O)NC1CCN(C)CC1. The van der Waals surface area contributed by atoms with Gasteiger partial charge in [-0.1, -0.05) is 0 Å². The highest BCUT2D eigenvalue weighted by atomic mass is 16.1. The van der Waals surface area contributed by atoms with Crippen LogP contribution in [0.4, 0.5) is 5.69 Å². The largest absolute Gasteiger partial charge is 0.348 e. The molecular weight excluding hydrogens is 254 g/mol. The number of piperidine rings is 1. The number of aryl methyl sites for hydroxylation is 1. The van der Waals surface area contributed by atoms with Crippen LogP contribution in [-0.2, 0) is 4.79 Å². The molecule has 1 aromatic heterocycles. The average molecular weight is 275 g/mol. The number of likely N-dealkylation sites (tertiary alicyclic amines) is 1. The molecule has 0 saturated carbocycles. The fourth-order valence-electron chi connectivity index (χ4n) is 2.17. The van der Waals surface area contributed by atoms with Crippen LogP contribution in [0, 0.1) is 6.92 Å². The normalized spacial score (nSPS) is 18.1. The fourth-order valence-corrected chi connectivity index (χ4v) is 2.17. The Labute approximate surface area is 119 Å². The maximum atomic E-state index is 12.1. The smallest absolute Gasteiger partial charge is 0.265 e. The first kappa shape index (κ1) is 14.6. The third-order valence-corrected chi connectivity index (χ3v) is 3.56. The van der Waals surface area contributed by atoms with Gasteiger partial charge in [0.1, 0.15) is 17.7 Å². The summed E-state index contributed by atoms with van der Waals surface area (Å²) in [6, 6.07) is 0.247. The zero-order chi connectivity index (χ0) is 14.5. The van der Waals surface area contributed by atoms with E-state index < -0.39 is 0 Å². The molecule has 1 N–H and O–H groups in total. The molecule has 2 heterocycles. The standard InChI is InChI=1S/C14H21N5O/c1-10-13(8-15-9-16-10)17-11(2)14(20)18-12-4-6-19(3)7-5-12/h8-9,12H,4-7H2,1-3H3,(H,18,20). The van der Waals surface area contributed by atoms with Gasteiger partial charge in [0.05, 0.1) is 11.9 Å². The van der Waals surface area contributed by atoms with E-state index in [4.69, 9.17) is 0 Å². The van der Waals surface area contributed by atoms with Crippen LogP contribution in [-0.4, -0.2) is 52.7 Å². The molecule has 1 aromatic rings. The van der Waals surface area contributed by atoms with Crippen LogP contribution in [0.15, 0.2) is 17.5 Å². The summed E-state index contributed by atoms with van der Waals surface area (Å²) < 4.78 is 0. The summed E-state index contributed by atoms with van der Waals surface area (Å²) in [5.41, 5.74) is 1.86. The second kappa shape index (κ2) is 6.56. The van der Waals surface area contributed by atoms with Crippen molar-refractivity contribution in [3.8, 4) is 0 Å². The molecule has 0 unspecified atom stereocenters. The van der Waals surface area contributed by atoms with Crippen molar-refractivity contribution in [2.45, 2.75) is 32.7 Å². The first-order chi connectivity index (χ1) is 9.56. The van der Waals surface area contributed by atoms with E-state index in [0.717, 1.165) is 31.6 Å². The Hall–Kier alpha value is -1.82. The molecular formula is C14H21N5O. The highest BCUT2D eigenvalue weighted by Gasteiger charge is 2.19. The number of hydrogen-bond donors (Lipinski definition) is 1. The zero-order valence-corrected chi connectivity index (χ0v) is 12.3. The van der Waals surface area contributed by atoms with E-state index in [9.17, 15) is 4.79 Å². The van der Waals surface area contributed by atoms with E-state index in [0.29, 0.717) is 11.4 Å². The molecule has 20 heavy (non-hydrogen) atoms. The van der Waals surface area contributed by atoms with Crippen molar-refractivity contribution >= 4 is 17.3 Å². The highest BCUT2D eigenvalue weighted by molar-refractivity contribution is 6.38. The Kier molecular flexibility index (Phi) is 4.79. The predicted octanol–water partition coefficient (Wildman–Crippen LogP) is 1.09. The Balaban J connectivity index is 1.97. The topological polar surface area (TPSA) is 70.5 Å². The Morgan fingerprint density at radius 1 is 1.45 bits per heavy atom. The molecule has 0 bridgehead atoms. The molecule has 2 rings (SSSR count). The molecule has 1 amide bonds. The highest BCUT2D eigenvalue weighted by Crippen LogP contribution is 2.14. The van der Waals surface area contributed by atoms with Crippen molar-refractivity contribution in [1.82, 2.24) is 20.2 Å². The third-order valence-electron chi connectivity index (χ3n) is 3.56. The second-order valence-electron chi connectivity index (χ2n) is 5.24. The van der Waals surface area contributed by atoms with Gasteiger partial charge in [-0.25, -0.2) is 15.0 Å². The molecule has 0 spiro atoms. The van der Waals surface area contributed by atoms with E-state index in [1.165, 1.54) is 6.33 Å². The van der Waals surface area contributed by atoms with E-state index >= 15 is 0 Å². The maximum absolute atomic E-state index is 12.1. The molecule has 6 nitrogen and oxygen atoms in total. The van der Waals surface area contributed by atoms with Crippen molar-refractivity contribution in [1.29, 1.82) is 0 Å². The van der Waals surface area contributed by atoms with Gasteiger partial charge in [0.25, 0.3) is 5.91 Å². The Morgan fingerprint density at radius 3 is 2.80 bits per heavy atom. The summed E-state index contributed by atoms with van der Waals surface area (Å²) in [6.45, 7) is 5.61. The number of nitrogens with one attached hydrogen (secondary N) is 1. The van der Waals surface area contributed by atoms with Gasteiger partial charge in [0, 0.05) is 6.04 Å². The third kappa shape index (κ3) is 3.84. The van der Waals surface area contributed by atoms with E-state index in [2.05, 4.69) is 32.2 Å². The molecule has 0 aliphatic carbocycles. The number of carbonyl (C=O) groups is 1. The average Bonchev–Trinajstić information content (AvgIpc) is 2.44. The van der Waals surface area contributed by atoms with E-state index in [1.807, 2.05) is 6.92 Å². The molecule has 0 aromatic carbocycles. The summed E-state index contributed by atoms with van der Waals surface area (Å²) in [7, 11) is 2.10. The van der Waals surface area contributed by atoms with E-state index in [-0.39, 0.29) is 11.9 Å². The molecule has 1 aliphatic rings. The summed E-state index contributed by atoms with van der Waals surface area (Å²) in [6.07, 6.45) is 5.07. The van der Waals surface area contributed by atoms with Crippen molar-refractivity contribution in [3.05, 3.63) is 18.2 Å². The summed E-state index contributed by atoms with van der Waals surface area (Å²) >= 11 is 0. The number of aliphatic imine (C=N–C) groups is 1. The number of nitrogens with zero attached hydrogens (tertiary/aromatic N) is 4. The maximum Gasteiger partial charge on any atom is 0.265 e. The number of rotatable bonds is 3. The predicted molar refractivity (Wildman–Crippen MR) is 78.2 cm³/mol. The first-order valence-electron chi connectivity index (χ1n) is 6.87. The van der Waals surface area contributed by atoms with Crippen LogP contribution in [0.5, 0.6) is 0 Å². The molecule has 0 atom stereocenters. The van der Waals surface area contributed by atoms with Gasteiger partial charge in [0.2, 0.25) is 0 Å². The minimum atomic E-state index is -0.109. The Bertz CT molecular complexity index is 506. The summed E-state index contributed by atoms with van der Waals surface area (Å²) in [5.74, 6) is -0.109. The van der Waals surface area contributed by atoms with Crippen LogP contribution in [0.2, 0.25) is 0 Å². The quantitative estimate of drug-likeness (QED) is 0.838. The fraction of sp³-hybridized carbons (Fsp3) is 0.571. The van der Waals surface area contributed by atoms with Crippen LogP contribution in [0.3, 0.4) is 0 Å². The number of aromatic nitrogens is 2. The van der Waals surface area contributed by atoms with Gasteiger partial charge in [-0.05, 0) is 46.8 Å². The summed E-state index contributed by atoms with van der Waals surface area (Å²) in [4.78, 5) is 26.7. The summed E-state index contributed by atoms with van der Waals surface area (Å²) in [5, 5.41) is 3.04. The zero-order valence-electron chi connectivity index (χ0n) is 12.3. The van der Waals surface area contributed by atoms with Crippen molar-refractivity contribution in [3.63, 3.8) is 0 Å². The molecule has 6 heteroatoms. The number of amides is 1. The van der Waals surface area contributed by atoms with Crippen LogP contribution >= 0.6 is 0 Å². The molecule has 1 aliphatic heterocycles. The lowest BCUT2D eigenvalue weighted by atomic mass is 10.1. The van der Waals surface area contributed by atoms with Crippen LogP contribution in [0.25, 0.3) is 0 Å². The second-order valence-corrected chi connectivity index (χ2v) is 5.24. The number of carbonyl (C=O) groups excluding carboxylic acids is 1. The van der Waals surface area contributed by atoms with Crippen molar-refractivity contribution in [2.75, 3.05) is 20.1 Å². The minimum Gasteiger partial charge on any atom is -0.348 e. The van der Waals surface area contributed by atoms with Gasteiger partial charge >= 0.3 is 0 Å². The van der Waals surface area contributed by atoms with Gasteiger partial charge in [0.15, 0.2) is 0 Å². The number of hydrogen-bond acceptors (Lipinski definition) is 5. The Morgan fingerprint density at radius 2 is 2.15 bits per heavy atom. The molecule has 0 radical (unpaired) electrons. The van der Waals surface area contributed by atoms with E-state index in [1.54, 1.807) is 13.1 Å². The van der Waals surface area contributed by atoms with Gasteiger partial charge in [-0.15, -0.1) is 0 Å². The lowest BCUT2D eigenvalue weighted by Crippen LogP contribution is -2.45. The molecule has 1 fully saturated rings. The lowest BCUT2D eigenvalue weighted by Gasteiger charge is -2.29. The minimum absolute atomic E-state index is 0.109. The monoisotopic (exact) mass is 275 g/mol. The first-order valence-corrected chi connectivity index (χ1v) is 6.87. The lowest BCUT2D eigenvalue weighted by molar-refractivity contribution is -0.115. The van der Waals surface area contributed by atoms with Crippen molar-refractivity contribution in [2.24, 2.45) is 4.99 Å². The van der Waals surface area contributed by atoms with Crippen molar-refractivity contribution < 1.29 is 4.79 Å². The van der Waals surface area contributed by atoms with Gasteiger partial charge in [-0.2, -0.15) is 0 Å². The molecule has 108 valence electrons. The van der Waals surface area contributed by atoms with Gasteiger partial charge < -0.3 is 10.2 Å². The van der Waals surface area contributed by atoms with Crippen LogP contribution < -0.4 is 5.32 Å². The molecule has 1 saturated heterocycles. The van der Waals surface area contributed by atoms with Crippen LogP contribution in [0.1, 0.15) is 25.5 Å².